The summed E-state index contributed by atoms with van der Waals surface area (Å²) in [6.07, 6.45) is 2.42. The first-order valence-electron chi connectivity index (χ1n) is 22.6. The average molecular weight is 827 g/mol. The van der Waals surface area contributed by atoms with Gasteiger partial charge in [0.1, 0.15) is 0 Å². The van der Waals surface area contributed by atoms with Gasteiger partial charge >= 0.3 is 0 Å². The Bertz CT molecular complexity index is 2970. The standard InChI is InChI=1S/C62H54N2/c1-61(2)42-43-62(3,4)60-44-52(30-41-59(60)61)51-28-39-58(40-29-51)64(56-33-22-48(23-34-56)46-16-10-6-11-17-46)57-37-26-50(27-38-57)49-24-35-55(36-25-49)63(53-18-12-7-13-19-53)54-31-20-47(21-32-54)45-14-8-5-9-15-45/h5-41,44H,42-43H2,1-4H3. The van der Waals surface area contributed by atoms with E-state index in [-0.39, 0.29) is 10.8 Å². The van der Waals surface area contributed by atoms with Crippen molar-refractivity contribution < 1.29 is 0 Å². The van der Waals surface area contributed by atoms with Crippen LogP contribution < -0.4 is 9.80 Å². The number of rotatable bonds is 10. The minimum atomic E-state index is 0.163. The molecule has 9 aromatic carbocycles. The lowest BCUT2D eigenvalue weighted by molar-refractivity contribution is 0.332. The molecule has 0 unspecified atom stereocenters. The van der Waals surface area contributed by atoms with Crippen LogP contribution in [0.25, 0.3) is 44.5 Å². The molecule has 1 aliphatic carbocycles. The van der Waals surface area contributed by atoms with Crippen molar-refractivity contribution in [2.45, 2.75) is 51.4 Å². The van der Waals surface area contributed by atoms with Gasteiger partial charge < -0.3 is 9.80 Å². The zero-order valence-corrected chi connectivity index (χ0v) is 37.2. The highest BCUT2D eigenvalue weighted by Gasteiger charge is 2.37. The van der Waals surface area contributed by atoms with Gasteiger partial charge in [-0.25, -0.2) is 0 Å². The predicted octanol–water partition coefficient (Wildman–Crippen LogP) is 17.6. The Morgan fingerprint density at radius 2 is 0.500 bits per heavy atom. The maximum atomic E-state index is 2.46. The van der Waals surface area contributed by atoms with E-state index in [0.29, 0.717) is 0 Å². The van der Waals surface area contributed by atoms with Gasteiger partial charge in [0.05, 0.1) is 0 Å². The molecular formula is C62H54N2. The lowest BCUT2D eigenvalue weighted by Crippen LogP contribution is -2.33. The SMILES string of the molecule is CC1(C)CCC(C)(C)c2cc(-c3ccc(N(c4ccc(-c5ccccc5)cc4)c4ccc(-c5ccc(N(c6ccccc6)c6ccc(-c7ccccc7)cc6)cc5)cc4)cc3)ccc21. The van der Waals surface area contributed by atoms with Crippen LogP contribution in [0.15, 0.2) is 231 Å². The summed E-state index contributed by atoms with van der Waals surface area (Å²) >= 11 is 0. The smallest absolute Gasteiger partial charge is 0.0462 e. The van der Waals surface area contributed by atoms with Gasteiger partial charge in [-0.1, -0.05) is 185 Å². The van der Waals surface area contributed by atoms with Crippen molar-refractivity contribution in [2.24, 2.45) is 0 Å². The molecule has 1 aliphatic rings. The first-order valence-corrected chi connectivity index (χ1v) is 22.6. The molecule has 0 aromatic heterocycles. The molecule has 9 aromatic rings. The summed E-state index contributed by atoms with van der Waals surface area (Å²) in [5.74, 6) is 0. The predicted molar refractivity (Wildman–Crippen MR) is 273 cm³/mol. The van der Waals surface area contributed by atoms with E-state index in [4.69, 9.17) is 0 Å². The largest absolute Gasteiger partial charge is 0.311 e. The Morgan fingerprint density at radius 1 is 0.250 bits per heavy atom. The lowest BCUT2D eigenvalue weighted by atomic mass is 9.63. The minimum absolute atomic E-state index is 0.163. The summed E-state index contributed by atoms with van der Waals surface area (Å²) in [7, 11) is 0. The molecule has 0 atom stereocenters. The fraction of sp³-hybridized carbons (Fsp3) is 0.129. The van der Waals surface area contributed by atoms with Crippen molar-refractivity contribution >= 4 is 34.1 Å². The Morgan fingerprint density at radius 3 is 0.844 bits per heavy atom. The lowest BCUT2D eigenvalue weighted by Gasteiger charge is -2.42. The van der Waals surface area contributed by atoms with Gasteiger partial charge in [-0.15, -0.1) is 0 Å². The van der Waals surface area contributed by atoms with E-state index < -0.39 is 0 Å². The van der Waals surface area contributed by atoms with Crippen molar-refractivity contribution in [3.8, 4) is 44.5 Å². The third-order valence-electron chi connectivity index (χ3n) is 13.4. The zero-order chi connectivity index (χ0) is 43.7. The Balaban J connectivity index is 0.956. The van der Waals surface area contributed by atoms with E-state index in [0.717, 1.165) is 34.1 Å². The van der Waals surface area contributed by atoms with Gasteiger partial charge in [0.2, 0.25) is 0 Å². The fourth-order valence-corrected chi connectivity index (χ4v) is 9.52. The summed E-state index contributed by atoms with van der Waals surface area (Å²) in [6, 6.07) is 83.8. The molecule has 312 valence electrons. The highest BCUT2D eigenvalue weighted by molar-refractivity contribution is 5.83. The van der Waals surface area contributed by atoms with E-state index in [1.54, 1.807) is 0 Å². The monoisotopic (exact) mass is 826 g/mol. The highest BCUT2D eigenvalue weighted by Crippen LogP contribution is 2.47. The average Bonchev–Trinajstić information content (AvgIpc) is 3.35. The molecule has 0 N–H and O–H groups in total. The van der Waals surface area contributed by atoms with Crippen molar-refractivity contribution in [3.05, 3.63) is 242 Å². The van der Waals surface area contributed by atoms with Crippen molar-refractivity contribution in [1.82, 2.24) is 0 Å². The second-order valence-electron chi connectivity index (χ2n) is 18.5. The van der Waals surface area contributed by atoms with Gasteiger partial charge in [0.25, 0.3) is 0 Å². The topological polar surface area (TPSA) is 6.48 Å². The van der Waals surface area contributed by atoms with Crippen molar-refractivity contribution in [1.29, 1.82) is 0 Å². The fourth-order valence-electron chi connectivity index (χ4n) is 9.52. The van der Waals surface area contributed by atoms with Crippen LogP contribution in [0, 0.1) is 0 Å². The van der Waals surface area contributed by atoms with Gasteiger partial charge in [-0.05, 0) is 152 Å². The summed E-state index contributed by atoms with van der Waals surface area (Å²) < 4.78 is 0. The third kappa shape index (κ3) is 8.16. The van der Waals surface area contributed by atoms with Crippen molar-refractivity contribution in [2.75, 3.05) is 9.80 Å². The van der Waals surface area contributed by atoms with Crippen LogP contribution in [0.5, 0.6) is 0 Å². The number of anilines is 6. The summed E-state index contributed by atoms with van der Waals surface area (Å²) in [5.41, 5.74) is 19.7. The number of hydrogen-bond donors (Lipinski definition) is 0. The minimum Gasteiger partial charge on any atom is -0.311 e. The number of hydrogen-bond acceptors (Lipinski definition) is 2. The van der Waals surface area contributed by atoms with E-state index in [2.05, 4.69) is 268 Å². The molecule has 2 heteroatoms. The molecular weight excluding hydrogens is 773 g/mol. The molecule has 10 rings (SSSR count). The summed E-state index contributed by atoms with van der Waals surface area (Å²) in [4.78, 5) is 4.69. The molecule has 0 amide bonds. The molecule has 0 aliphatic heterocycles. The molecule has 2 nitrogen and oxygen atoms in total. The second-order valence-corrected chi connectivity index (χ2v) is 18.5. The van der Waals surface area contributed by atoms with Crippen LogP contribution in [0.1, 0.15) is 51.7 Å². The maximum Gasteiger partial charge on any atom is 0.0462 e. The van der Waals surface area contributed by atoms with E-state index in [1.165, 1.54) is 68.5 Å². The molecule has 0 radical (unpaired) electrons. The van der Waals surface area contributed by atoms with Gasteiger partial charge in [0, 0.05) is 34.1 Å². The first kappa shape index (κ1) is 40.6. The van der Waals surface area contributed by atoms with Gasteiger partial charge in [0.15, 0.2) is 0 Å². The van der Waals surface area contributed by atoms with Crippen LogP contribution in [-0.4, -0.2) is 0 Å². The molecule has 0 spiro atoms. The zero-order valence-electron chi connectivity index (χ0n) is 37.2. The van der Waals surface area contributed by atoms with Crippen LogP contribution in [0.4, 0.5) is 34.1 Å². The number of nitrogens with zero attached hydrogens (tertiary/aromatic N) is 2. The second kappa shape index (κ2) is 17.0. The normalized spacial score (nSPS) is 13.8. The number of para-hydroxylation sites is 1. The van der Waals surface area contributed by atoms with Gasteiger partial charge in [-0.3, -0.25) is 0 Å². The summed E-state index contributed by atoms with van der Waals surface area (Å²) in [5, 5.41) is 0. The van der Waals surface area contributed by atoms with E-state index in [9.17, 15) is 0 Å². The van der Waals surface area contributed by atoms with E-state index in [1.807, 2.05) is 0 Å². The third-order valence-corrected chi connectivity index (χ3v) is 13.4. The Labute approximate surface area is 379 Å². The van der Waals surface area contributed by atoms with Crippen LogP contribution in [0.2, 0.25) is 0 Å². The molecule has 0 saturated carbocycles. The highest BCUT2D eigenvalue weighted by atomic mass is 15.1. The quantitative estimate of drug-likeness (QED) is 0.136. The number of benzene rings is 9. The number of fused-ring (bicyclic) bond motifs is 1. The van der Waals surface area contributed by atoms with Crippen LogP contribution in [0.3, 0.4) is 0 Å². The van der Waals surface area contributed by atoms with Crippen molar-refractivity contribution in [3.63, 3.8) is 0 Å². The molecule has 0 saturated heterocycles. The molecule has 0 heterocycles. The van der Waals surface area contributed by atoms with Crippen LogP contribution >= 0.6 is 0 Å². The Hall–Kier alpha value is -7.42. The molecule has 0 bridgehead atoms. The van der Waals surface area contributed by atoms with Crippen LogP contribution in [-0.2, 0) is 10.8 Å². The summed E-state index contributed by atoms with van der Waals surface area (Å²) in [6.45, 7) is 9.60. The molecule has 0 fully saturated rings. The molecule has 64 heavy (non-hydrogen) atoms. The Kier molecular flexibility index (Phi) is 10.8. The van der Waals surface area contributed by atoms with E-state index >= 15 is 0 Å². The first-order chi connectivity index (χ1) is 31.2. The maximum absolute atomic E-state index is 2.46. The van der Waals surface area contributed by atoms with Gasteiger partial charge in [-0.2, -0.15) is 0 Å².